The second-order valence-corrected chi connectivity index (χ2v) is 7.53. The van der Waals surface area contributed by atoms with Crippen molar-refractivity contribution < 1.29 is 4.79 Å². The van der Waals surface area contributed by atoms with E-state index in [1.807, 2.05) is 18.7 Å². The topological polar surface area (TPSA) is 60.0 Å². The second kappa shape index (κ2) is 8.70. The van der Waals surface area contributed by atoms with Crippen LogP contribution in [-0.4, -0.2) is 73.0 Å². The van der Waals surface area contributed by atoms with Crippen LogP contribution in [0.4, 0.5) is 0 Å². The zero-order valence-corrected chi connectivity index (χ0v) is 16.0. The Morgan fingerprint density at radius 1 is 1.29 bits per heavy atom. The van der Waals surface area contributed by atoms with Gasteiger partial charge in [0.2, 0.25) is 5.91 Å². The van der Waals surface area contributed by atoms with E-state index < -0.39 is 0 Å². The van der Waals surface area contributed by atoms with Crippen molar-refractivity contribution in [2.75, 3.05) is 33.2 Å². The van der Waals surface area contributed by atoms with Gasteiger partial charge in [-0.25, -0.2) is 0 Å². The van der Waals surface area contributed by atoms with Crippen LogP contribution in [0, 0.1) is 5.92 Å². The average Bonchev–Trinajstić information content (AvgIpc) is 3.30. The van der Waals surface area contributed by atoms with E-state index in [-0.39, 0.29) is 11.8 Å². The molecule has 2 atom stereocenters. The SMILES string of the molecule is CCNC(=NCC(C)N(C)C1CC1)NC1CCN(C(=O)C(C)C)C1. The maximum Gasteiger partial charge on any atom is 0.225 e. The molecule has 2 rings (SSSR count). The Morgan fingerprint density at radius 2 is 2.00 bits per heavy atom. The number of aliphatic imine (C=N–C) groups is 1. The fourth-order valence-electron chi connectivity index (χ4n) is 3.15. The first-order valence-electron chi connectivity index (χ1n) is 9.47. The summed E-state index contributed by atoms with van der Waals surface area (Å²) in [7, 11) is 2.20. The fourth-order valence-corrected chi connectivity index (χ4v) is 3.15. The third kappa shape index (κ3) is 5.36. The monoisotopic (exact) mass is 337 g/mol. The predicted molar refractivity (Wildman–Crippen MR) is 99.2 cm³/mol. The number of nitrogens with one attached hydrogen (secondary N) is 2. The van der Waals surface area contributed by atoms with Crippen molar-refractivity contribution in [2.24, 2.45) is 10.9 Å². The lowest BCUT2D eigenvalue weighted by molar-refractivity contribution is -0.133. The molecule has 0 aromatic heterocycles. The van der Waals surface area contributed by atoms with Gasteiger partial charge in [-0.2, -0.15) is 0 Å². The van der Waals surface area contributed by atoms with Gasteiger partial charge in [-0.1, -0.05) is 13.8 Å². The second-order valence-electron chi connectivity index (χ2n) is 7.53. The highest BCUT2D eigenvalue weighted by molar-refractivity contribution is 5.81. The van der Waals surface area contributed by atoms with Gasteiger partial charge in [0.1, 0.15) is 0 Å². The molecule has 1 aliphatic carbocycles. The minimum absolute atomic E-state index is 0.0736. The summed E-state index contributed by atoms with van der Waals surface area (Å²) in [5.41, 5.74) is 0. The van der Waals surface area contributed by atoms with Crippen molar-refractivity contribution in [3.8, 4) is 0 Å². The first-order chi connectivity index (χ1) is 11.4. The van der Waals surface area contributed by atoms with Crippen LogP contribution in [0.5, 0.6) is 0 Å². The van der Waals surface area contributed by atoms with Crippen LogP contribution >= 0.6 is 0 Å². The number of carbonyl (C=O) groups is 1. The molecule has 0 bridgehead atoms. The maximum atomic E-state index is 12.1. The molecular formula is C18H35N5O. The maximum absolute atomic E-state index is 12.1. The van der Waals surface area contributed by atoms with Crippen molar-refractivity contribution in [1.29, 1.82) is 0 Å². The Bertz CT molecular complexity index is 447. The van der Waals surface area contributed by atoms with Crippen LogP contribution in [-0.2, 0) is 4.79 Å². The van der Waals surface area contributed by atoms with E-state index in [0.717, 1.165) is 44.6 Å². The van der Waals surface area contributed by atoms with Crippen LogP contribution in [0.25, 0.3) is 0 Å². The summed E-state index contributed by atoms with van der Waals surface area (Å²) < 4.78 is 0. The van der Waals surface area contributed by atoms with E-state index in [0.29, 0.717) is 12.1 Å². The molecule has 24 heavy (non-hydrogen) atoms. The zero-order chi connectivity index (χ0) is 17.7. The lowest BCUT2D eigenvalue weighted by Crippen LogP contribution is -2.46. The number of likely N-dealkylation sites (tertiary alicyclic amines) is 1. The van der Waals surface area contributed by atoms with Crippen molar-refractivity contribution in [1.82, 2.24) is 20.4 Å². The Kier molecular flexibility index (Phi) is 6.90. The van der Waals surface area contributed by atoms with Gasteiger partial charge in [-0.3, -0.25) is 14.7 Å². The minimum Gasteiger partial charge on any atom is -0.357 e. The summed E-state index contributed by atoms with van der Waals surface area (Å²) in [5.74, 6) is 1.20. The molecule has 2 unspecified atom stereocenters. The number of rotatable bonds is 7. The van der Waals surface area contributed by atoms with Crippen LogP contribution in [0.1, 0.15) is 47.0 Å². The molecule has 0 radical (unpaired) electrons. The summed E-state index contributed by atoms with van der Waals surface area (Å²) in [6.07, 6.45) is 3.63. The minimum atomic E-state index is 0.0736. The molecule has 2 aliphatic rings. The number of guanidine groups is 1. The molecule has 6 nitrogen and oxygen atoms in total. The highest BCUT2D eigenvalue weighted by Gasteiger charge is 2.30. The highest BCUT2D eigenvalue weighted by atomic mass is 16.2. The number of amides is 1. The van der Waals surface area contributed by atoms with Crippen LogP contribution in [0.15, 0.2) is 4.99 Å². The molecule has 1 amide bonds. The van der Waals surface area contributed by atoms with Crippen molar-refractivity contribution in [3.63, 3.8) is 0 Å². The van der Waals surface area contributed by atoms with Gasteiger partial charge in [-0.15, -0.1) is 0 Å². The summed E-state index contributed by atoms with van der Waals surface area (Å²) in [6, 6.07) is 1.51. The summed E-state index contributed by atoms with van der Waals surface area (Å²) in [6.45, 7) is 11.5. The van der Waals surface area contributed by atoms with E-state index in [2.05, 4.69) is 36.4 Å². The molecule has 0 aromatic carbocycles. The molecule has 0 aromatic rings. The third-order valence-electron chi connectivity index (χ3n) is 5.01. The Labute approximate surface area is 147 Å². The number of hydrogen-bond donors (Lipinski definition) is 2. The Hall–Kier alpha value is -1.30. The molecule has 6 heteroatoms. The number of carbonyl (C=O) groups excluding carboxylic acids is 1. The largest absolute Gasteiger partial charge is 0.357 e. The van der Waals surface area contributed by atoms with Gasteiger partial charge in [0, 0.05) is 43.7 Å². The average molecular weight is 338 g/mol. The summed E-state index contributed by atoms with van der Waals surface area (Å²) in [5, 5.41) is 6.84. The van der Waals surface area contributed by atoms with Crippen molar-refractivity contribution >= 4 is 11.9 Å². The molecule has 1 heterocycles. The van der Waals surface area contributed by atoms with Crippen LogP contribution < -0.4 is 10.6 Å². The summed E-state index contributed by atoms with van der Waals surface area (Å²) >= 11 is 0. The van der Waals surface area contributed by atoms with Gasteiger partial charge in [-0.05, 0) is 40.2 Å². The van der Waals surface area contributed by atoms with Gasteiger partial charge >= 0.3 is 0 Å². The Morgan fingerprint density at radius 3 is 2.58 bits per heavy atom. The molecule has 1 aliphatic heterocycles. The highest BCUT2D eigenvalue weighted by Crippen LogP contribution is 2.26. The van der Waals surface area contributed by atoms with Crippen LogP contribution in [0.3, 0.4) is 0 Å². The van der Waals surface area contributed by atoms with Gasteiger partial charge < -0.3 is 15.5 Å². The Balaban J connectivity index is 1.84. The quantitative estimate of drug-likeness (QED) is 0.543. The van der Waals surface area contributed by atoms with Gasteiger partial charge in [0.05, 0.1) is 6.54 Å². The summed E-state index contributed by atoms with van der Waals surface area (Å²) in [4.78, 5) is 21.3. The van der Waals surface area contributed by atoms with Crippen LogP contribution in [0.2, 0.25) is 0 Å². The molecule has 138 valence electrons. The standard InChI is InChI=1S/C18H35N5O/c1-6-19-18(20-11-14(4)22(5)16-7-8-16)21-15-9-10-23(12-15)17(24)13(2)3/h13-16H,6-12H2,1-5H3,(H2,19,20,21). The van der Waals surface area contributed by atoms with E-state index in [9.17, 15) is 4.79 Å². The molecule has 2 fully saturated rings. The lowest BCUT2D eigenvalue weighted by atomic mass is 10.2. The van der Waals surface area contributed by atoms with Crippen molar-refractivity contribution in [2.45, 2.75) is 65.1 Å². The molecule has 2 N–H and O–H groups in total. The van der Waals surface area contributed by atoms with Crippen molar-refractivity contribution in [3.05, 3.63) is 0 Å². The predicted octanol–water partition coefficient (Wildman–Crippen LogP) is 1.28. The molecule has 1 saturated carbocycles. The van der Waals surface area contributed by atoms with E-state index in [1.54, 1.807) is 0 Å². The van der Waals surface area contributed by atoms with Gasteiger partial charge in [0.25, 0.3) is 0 Å². The third-order valence-corrected chi connectivity index (χ3v) is 5.01. The smallest absolute Gasteiger partial charge is 0.225 e. The first kappa shape index (κ1) is 19.0. The first-order valence-corrected chi connectivity index (χ1v) is 9.47. The van der Waals surface area contributed by atoms with E-state index in [1.165, 1.54) is 12.8 Å². The normalized spacial score (nSPS) is 23.0. The zero-order valence-electron chi connectivity index (χ0n) is 16.0. The fraction of sp³-hybridized carbons (Fsp3) is 0.889. The number of nitrogens with zero attached hydrogens (tertiary/aromatic N) is 3. The van der Waals surface area contributed by atoms with E-state index in [4.69, 9.17) is 4.99 Å². The number of hydrogen-bond acceptors (Lipinski definition) is 3. The lowest BCUT2D eigenvalue weighted by Gasteiger charge is -2.24. The molecule has 1 saturated heterocycles. The van der Waals surface area contributed by atoms with Gasteiger partial charge in [0.15, 0.2) is 5.96 Å². The molecule has 0 spiro atoms. The van der Waals surface area contributed by atoms with E-state index >= 15 is 0 Å². The number of likely N-dealkylation sites (N-methyl/N-ethyl adjacent to an activating group) is 1. The molecular weight excluding hydrogens is 302 g/mol.